The summed E-state index contributed by atoms with van der Waals surface area (Å²) in [6.45, 7) is 1.83. The largest absolute Gasteiger partial charge is 0.379 e. The average Bonchev–Trinajstić information content (AvgIpc) is 2.41. The van der Waals surface area contributed by atoms with Gasteiger partial charge in [0.15, 0.2) is 0 Å². The Morgan fingerprint density at radius 2 is 1.76 bits per heavy atom. The van der Waals surface area contributed by atoms with E-state index in [2.05, 4.69) is 15.9 Å². The minimum atomic E-state index is -4.02. The van der Waals surface area contributed by atoms with E-state index in [0.29, 0.717) is 0 Å². The van der Waals surface area contributed by atoms with Crippen LogP contribution in [0, 0.1) is 17.0 Å². The van der Waals surface area contributed by atoms with E-state index in [0.717, 1.165) is 11.6 Å². The van der Waals surface area contributed by atoms with Gasteiger partial charge in [0.05, 0.1) is 15.5 Å². The molecule has 0 bridgehead atoms. The highest BCUT2D eigenvalue weighted by molar-refractivity contribution is 9.10. The van der Waals surface area contributed by atoms with Gasteiger partial charge in [0.2, 0.25) is 0 Å². The van der Waals surface area contributed by atoms with Crippen LogP contribution < -0.4 is 4.18 Å². The summed E-state index contributed by atoms with van der Waals surface area (Å²) < 4.78 is 29.3. The van der Waals surface area contributed by atoms with Crippen LogP contribution in [0.4, 0.5) is 5.69 Å². The Morgan fingerprint density at radius 1 is 1.14 bits per heavy atom. The van der Waals surface area contributed by atoms with Gasteiger partial charge in [-0.2, -0.15) is 8.42 Å². The van der Waals surface area contributed by atoms with Crippen molar-refractivity contribution < 1.29 is 17.5 Å². The van der Waals surface area contributed by atoms with Crippen LogP contribution in [0.15, 0.2) is 51.8 Å². The van der Waals surface area contributed by atoms with Crippen molar-refractivity contribution in [2.24, 2.45) is 0 Å². The highest BCUT2D eigenvalue weighted by Crippen LogP contribution is 2.30. The Balaban J connectivity index is 2.35. The Hall–Kier alpha value is -1.93. The van der Waals surface area contributed by atoms with E-state index in [4.69, 9.17) is 4.18 Å². The molecule has 0 heterocycles. The zero-order chi connectivity index (χ0) is 15.6. The molecular formula is C13H10BrNO5S. The maximum atomic E-state index is 12.1. The van der Waals surface area contributed by atoms with E-state index in [-0.39, 0.29) is 20.8 Å². The Morgan fingerprint density at radius 3 is 2.33 bits per heavy atom. The second-order valence-corrected chi connectivity index (χ2v) is 6.62. The van der Waals surface area contributed by atoms with E-state index >= 15 is 0 Å². The lowest BCUT2D eigenvalue weighted by Crippen LogP contribution is -2.09. The molecule has 0 saturated carbocycles. The van der Waals surface area contributed by atoms with Gasteiger partial charge in [-0.3, -0.25) is 10.1 Å². The molecule has 21 heavy (non-hydrogen) atoms. The third-order valence-corrected chi connectivity index (χ3v) is 4.56. The number of aryl methyl sites for hydroxylation is 1. The van der Waals surface area contributed by atoms with E-state index in [9.17, 15) is 18.5 Å². The Kier molecular flexibility index (Phi) is 4.29. The topological polar surface area (TPSA) is 86.5 Å². The zero-order valence-electron chi connectivity index (χ0n) is 10.8. The fraction of sp³-hybridized carbons (Fsp3) is 0.0769. The summed E-state index contributed by atoms with van der Waals surface area (Å²) >= 11 is 3.02. The first kappa shape index (κ1) is 15.5. The van der Waals surface area contributed by atoms with Crippen LogP contribution in [0.25, 0.3) is 0 Å². The van der Waals surface area contributed by atoms with Crippen molar-refractivity contribution in [2.45, 2.75) is 11.8 Å². The summed E-state index contributed by atoms with van der Waals surface area (Å²) in [4.78, 5) is 10.2. The van der Waals surface area contributed by atoms with E-state index in [1.807, 2.05) is 6.92 Å². The third-order valence-electron chi connectivity index (χ3n) is 2.63. The van der Waals surface area contributed by atoms with Crippen molar-refractivity contribution in [2.75, 3.05) is 0 Å². The normalized spacial score (nSPS) is 11.1. The number of halogens is 1. The monoisotopic (exact) mass is 371 g/mol. The van der Waals surface area contributed by atoms with E-state index < -0.39 is 15.0 Å². The van der Waals surface area contributed by atoms with Gasteiger partial charge in [0, 0.05) is 0 Å². The Bertz CT molecular complexity index is 787. The van der Waals surface area contributed by atoms with Crippen molar-refractivity contribution in [3.63, 3.8) is 0 Å². The van der Waals surface area contributed by atoms with Crippen LogP contribution in [-0.4, -0.2) is 13.3 Å². The average molecular weight is 372 g/mol. The van der Waals surface area contributed by atoms with Crippen LogP contribution in [-0.2, 0) is 10.1 Å². The smallest absolute Gasteiger partial charge is 0.339 e. The summed E-state index contributed by atoms with van der Waals surface area (Å²) in [7, 11) is -4.02. The predicted molar refractivity (Wildman–Crippen MR) is 79.8 cm³/mol. The number of benzene rings is 2. The summed E-state index contributed by atoms with van der Waals surface area (Å²) in [5, 5.41) is 10.8. The fourth-order valence-corrected chi connectivity index (χ4v) is 2.88. The van der Waals surface area contributed by atoms with Crippen molar-refractivity contribution in [3.05, 3.63) is 62.6 Å². The maximum absolute atomic E-state index is 12.1. The molecule has 0 fully saturated rings. The highest BCUT2D eigenvalue weighted by Gasteiger charge is 2.19. The second kappa shape index (κ2) is 5.82. The quantitative estimate of drug-likeness (QED) is 0.466. The second-order valence-electron chi connectivity index (χ2n) is 4.22. The molecule has 8 heteroatoms. The minimum Gasteiger partial charge on any atom is -0.379 e. The maximum Gasteiger partial charge on any atom is 0.339 e. The molecule has 0 amide bonds. The summed E-state index contributed by atoms with van der Waals surface area (Å²) in [6, 6.07) is 9.85. The molecule has 0 unspecified atom stereocenters. The molecular weight excluding hydrogens is 362 g/mol. The minimum absolute atomic E-state index is 0.0151. The van der Waals surface area contributed by atoms with Gasteiger partial charge >= 0.3 is 10.1 Å². The van der Waals surface area contributed by atoms with Gasteiger partial charge in [0.25, 0.3) is 5.69 Å². The van der Waals surface area contributed by atoms with Crippen LogP contribution in [0.5, 0.6) is 5.75 Å². The summed E-state index contributed by atoms with van der Waals surface area (Å²) in [6.07, 6.45) is 0. The molecule has 0 aliphatic heterocycles. The zero-order valence-corrected chi connectivity index (χ0v) is 13.2. The molecule has 110 valence electrons. The highest BCUT2D eigenvalue weighted by atomic mass is 79.9. The molecule has 6 nitrogen and oxygen atoms in total. The van der Waals surface area contributed by atoms with Crippen LogP contribution >= 0.6 is 15.9 Å². The molecule has 2 aromatic carbocycles. The Labute approximate surface area is 129 Å². The molecule has 2 rings (SSSR count). The molecule has 0 spiro atoms. The van der Waals surface area contributed by atoms with Gasteiger partial charge in [-0.1, -0.05) is 17.7 Å². The van der Waals surface area contributed by atoms with Crippen molar-refractivity contribution >= 4 is 31.7 Å². The summed E-state index contributed by atoms with van der Waals surface area (Å²) in [5.41, 5.74) is 0.639. The molecule has 0 radical (unpaired) electrons. The van der Waals surface area contributed by atoms with Gasteiger partial charge in [0.1, 0.15) is 10.6 Å². The number of rotatable bonds is 4. The molecule has 0 aliphatic rings. The van der Waals surface area contributed by atoms with Gasteiger partial charge < -0.3 is 4.18 Å². The molecule has 0 N–H and O–H groups in total. The predicted octanol–water partition coefficient (Wildman–Crippen LogP) is 3.43. The van der Waals surface area contributed by atoms with Crippen LogP contribution in [0.1, 0.15) is 5.56 Å². The van der Waals surface area contributed by atoms with Gasteiger partial charge in [-0.25, -0.2) is 0 Å². The lowest BCUT2D eigenvalue weighted by Gasteiger charge is -2.07. The number of nitro benzene ring substituents is 1. The third kappa shape index (κ3) is 3.59. The van der Waals surface area contributed by atoms with Gasteiger partial charge in [-0.15, -0.1) is 0 Å². The molecule has 0 atom stereocenters. The molecule has 0 aromatic heterocycles. The van der Waals surface area contributed by atoms with E-state index in [1.54, 1.807) is 12.1 Å². The fourth-order valence-electron chi connectivity index (χ4n) is 1.56. The lowest BCUT2D eigenvalue weighted by atomic mass is 10.2. The van der Waals surface area contributed by atoms with Crippen molar-refractivity contribution in [3.8, 4) is 5.75 Å². The van der Waals surface area contributed by atoms with Crippen LogP contribution in [0.2, 0.25) is 0 Å². The molecule has 0 aliphatic carbocycles. The SMILES string of the molecule is Cc1ccc(S(=O)(=O)Oc2ccc(Br)c([N+](=O)[O-])c2)cc1. The first-order valence-corrected chi connectivity index (χ1v) is 7.95. The number of hydrogen-bond acceptors (Lipinski definition) is 5. The van der Waals surface area contributed by atoms with Gasteiger partial charge in [-0.05, 0) is 47.1 Å². The van der Waals surface area contributed by atoms with Crippen molar-refractivity contribution in [1.82, 2.24) is 0 Å². The first-order valence-electron chi connectivity index (χ1n) is 5.75. The standard InChI is InChI=1S/C13H10BrNO5S/c1-9-2-5-11(6-3-9)21(18,19)20-10-4-7-12(14)13(8-10)15(16)17/h2-8H,1H3. The number of hydrogen-bond donors (Lipinski definition) is 0. The van der Waals surface area contributed by atoms with E-state index in [1.165, 1.54) is 24.3 Å². The summed E-state index contributed by atoms with van der Waals surface area (Å²) in [5.74, 6) is -0.120. The molecule has 0 saturated heterocycles. The van der Waals surface area contributed by atoms with Crippen molar-refractivity contribution in [1.29, 1.82) is 0 Å². The first-order chi connectivity index (χ1) is 9.79. The van der Waals surface area contributed by atoms with Crippen LogP contribution in [0.3, 0.4) is 0 Å². The number of nitrogens with zero attached hydrogens (tertiary/aromatic N) is 1. The lowest BCUT2D eigenvalue weighted by molar-refractivity contribution is -0.385. The number of nitro groups is 1. The molecule has 2 aromatic rings.